The zero-order chi connectivity index (χ0) is 12.1. The highest BCUT2D eigenvalue weighted by atomic mass is 32.2. The third-order valence-corrected chi connectivity index (χ3v) is 4.59. The summed E-state index contributed by atoms with van der Waals surface area (Å²) in [6.45, 7) is 2.06. The molecule has 2 saturated heterocycles. The van der Waals surface area contributed by atoms with Gasteiger partial charge in [0.25, 0.3) is 0 Å². The average molecular weight is 258 g/mol. The molecule has 2 atom stereocenters. The highest BCUT2D eigenvalue weighted by Gasteiger charge is 2.29. The Bertz CT molecular complexity index is 251. The van der Waals surface area contributed by atoms with Gasteiger partial charge in [-0.05, 0) is 25.0 Å². The summed E-state index contributed by atoms with van der Waals surface area (Å²) in [7, 11) is 0. The molecule has 0 aliphatic carbocycles. The van der Waals surface area contributed by atoms with Crippen LogP contribution in [0.5, 0.6) is 0 Å². The van der Waals surface area contributed by atoms with Crippen LogP contribution in [0.3, 0.4) is 0 Å². The van der Waals surface area contributed by atoms with E-state index in [2.05, 4.69) is 0 Å². The van der Waals surface area contributed by atoms with Gasteiger partial charge in [0.05, 0.1) is 6.10 Å². The normalized spacial score (nSPS) is 28.5. The Balaban J connectivity index is 1.92. The van der Waals surface area contributed by atoms with Crippen LogP contribution in [0.1, 0.15) is 25.7 Å². The smallest absolute Gasteiger partial charge is 0.224 e. The highest BCUT2D eigenvalue weighted by Crippen LogP contribution is 2.24. The Labute approximate surface area is 107 Å². The lowest BCUT2D eigenvalue weighted by Crippen LogP contribution is -2.45. The minimum Gasteiger partial charge on any atom is -0.376 e. The third kappa shape index (κ3) is 3.60. The molecule has 2 rings (SSSR count). The van der Waals surface area contributed by atoms with Crippen molar-refractivity contribution in [2.24, 2.45) is 5.73 Å². The van der Waals surface area contributed by atoms with Crippen LogP contribution in [0, 0.1) is 0 Å². The van der Waals surface area contributed by atoms with Crippen molar-refractivity contribution in [3.63, 3.8) is 0 Å². The second-order valence-electron chi connectivity index (χ2n) is 4.74. The summed E-state index contributed by atoms with van der Waals surface area (Å²) in [6, 6.07) is 0.406. The summed E-state index contributed by atoms with van der Waals surface area (Å²) < 4.78 is 5.64. The third-order valence-electron chi connectivity index (χ3n) is 3.45. The molecule has 2 N–H and O–H groups in total. The molecule has 2 aliphatic heterocycles. The maximum atomic E-state index is 12.1. The molecule has 4 nitrogen and oxygen atoms in total. The van der Waals surface area contributed by atoms with Crippen molar-refractivity contribution >= 4 is 17.7 Å². The molecule has 0 aromatic rings. The standard InChI is InChI=1S/C12H22N2O2S/c13-5-3-12(15)14(10-4-7-17-9-10)8-11-2-1-6-16-11/h10-11H,1-9,13H2. The number of hydrogen-bond acceptors (Lipinski definition) is 4. The zero-order valence-corrected chi connectivity index (χ0v) is 11.1. The first-order valence-electron chi connectivity index (χ1n) is 6.50. The van der Waals surface area contributed by atoms with E-state index in [1.165, 1.54) is 5.75 Å². The maximum Gasteiger partial charge on any atom is 0.224 e. The number of thioether (sulfide) groups is 1. The van der Waals surface area contributed by atoms with Gasteiger partial charge in [0.1, 0.15) is 0 Å². The SMILES string of the molecule is NCCC(=O)N(CC1CCCO1)C1CCSC1. The van der Waals surface area contributed by atoms with Crippen LogP contribution in [0.15, 0.2) is 0 Å². The van der Waals surface area contributed by atoms with E-state index in [-0.39, 0.29) is 12.0 Å². The second-order valence-corrected chi connectivity index (χ2v) is 5.89. The average Bonchev–Trinajstić information content (AvgIpc) is 2.99. The fourth-order valence-corrected chi connectivity index (χ4v) is 3.72. The summed E-state index contributed by atoms with van der Waals surface area (Å²) in [6.07, 6.45) is 4.05. The molecule has 98 valence electrons. The van der Waals surface area contributed by atoms with Crippen LogP contribution in [0.25, 0.3) is 0 Å². The van der Waals surface area contributed by atoms with Crippen LogP contribution >= 0.6 is 11.8 Å². The summed E-state index contributed by atoms with van der Waals surface area (Å²) in [5, 5.41) is 0. The molecule has 2 heterocycles. The number of carbonyl (C=O) groups is 1. The van der Waals surface area contributed by atoms with E-state index in [4.69, 9.17) is 10.5 Å². The molecule has 0 spiro atoms. The zero-order valence-electron chi connectivity index (χ0n) is 10.3. The Morgan fingerprint density at radius 2 is 2.35 bits per heavy atom. The summed E-state index contributed by atoms with van der Waals surface area (Å²) in [5.74, 6) is 2.45. The Morgan fingerprint density at radius 1 is 1.47 bits per heavy atom. The van der Waals surface area contributed by atoms with Crippen molar-refractivity contribution in [1.82, 2.24) is 4.90 Å². The first-order valence-corrected chi connectivity index (χ1v) is 7.65. The van der Waals surface area contributed by atoms with Crippen molar-refractivity contribution in [2.75, 3.05) is 31.2 Å². The first kappa shape index (κ1) is 13.2. The largest absolute Gasteiger partial charge is 0.376 e. The van der Waals surface area contributed by atoms with Crippen LogP contribution < -0.4 is 5.73 Å². The number of ether oxygens (including phenoxy) is 1. The number of amides is 1. The molecular weight excluding hydrogens is 236 g/mol. The summed E-state index contributed by atoms with van der Waals surface area (Å²) in [5.41, 5.74) is 5.49. The van der Waals surface area contributed by atoms with E-state index in [9.17, 15) is 4.79 Å². The van der Waals surface area contributed by atoms with Crippen LogP contribution in [0.2, 0.25) is 0 Å². The van der Waals surface area contributed by atoms with Crippen molar-refractivity contribution in [1.29, 1.82) is 0 Å². The molecule has 2 aliphatic rings. The van der Waals surface area contributed by atoms with Gasteiger partial charge in [-0.1, -0.05) is 0 Å². The Kier molecular flexibility index (Phi) is 5.13. The van der Waals surface area contributed by atoms with Gasteiger partial charge in [0.2, 0.25) is 5.91 Å². The van der Waals surface area contributed by atoms with Crippen LogP contribution in [-0.4, -0.2) is 54.2 Å². The van der Waals surface area contributed by atoms with Gasteiger partial charge in [-0.3, -0.25) is 4.79 Å². The van der Waals surface area contributed by atoms with E-state index >= 15 is 0 Å². The van der Waals surface area contributed by atoms with Gasteiger partial charge in [-0.25, -0.2) is 0 Å². The lowest BCUT2D eigenvalue weighted by molar-refractivity contribution is -0.134. The fraction of sp³-hybridized carbons (Fsp3) is 0.917. The molecule has 0 aromatic carbocycles. The molecule has 2 fully saturated rings. The van der Waals surface area contributed by atoms with Gasteiger partial charge >= 0.3 is 0 Å². The predicted octanol–water partition coefficient (Wildman–Crippen LogP) is 0.848. The minimum absolute atomic E-state index is 0.204. The lowest BCUT2D eigenvalue weighted by atomic mass is 10.1. The lowest BCUT2D eigenvalue weighted by Gasteiger charge is -2.30. The predicted molar refractivity (Wildman–Crippen MR) is 70.1 cm³/mol. The second kappa shape index (κ2) is 6.61. The van der Waals surface area contributed by atoms with Crippen molar-refractivity contribution in [2.45, 2.75) is 37.8 Å². The molecular formula is C12H22N2O2S. The van der Waals surface area contributed by atoms with Crippen molar-refractivity contribution in [3.8, 4) is 0 Å². The molecule has 1 amide bonds. The van der Waals surface area contributed by atoms with Crippen LogP contribution in [0.4, 0.5) is 0 Å². The summed E-state index contributed by atoms with van der Waals surface area (Å²) >= 11 is 1.94. The van der Waals surface area contributed by atoms with Crippen molar-refractivity contribution < 1.29 is 9.53 Å². The van der Waals surface area contributed by atoms with E-state index in [1.807, 2.05) is 16.7 Å². The van der Waals surface area contributed by atoms with Crippen molar-refractivity contribution in [3.05, 3.63) is 0 Å². The Hall–Kier alpha value is -0.260. The van der Waals surface area contributed by atoms with E-state index in [0.717, 1.165) is 38.2 Å². The van der Waals surface area contributed by atoms with E-state index in [0.29, 0.717) is 19.0 Å². The van der Waals surface area contributed by atoms with Gasteiger partial charge in [-0.15, -0.1) is 0 Å². The van der Waals surface area contributed by atoms with Gasteiger partial charge in [0, 0.05) is 37.9 Å². The fourth-order valence-electron chi connectivity index (χ4n) is 2.50. The molecule has 17 heavy (non-hydrogen) atoms. The molecule has 0 aromatic heterocycles. The number of nitrogens with zero attached hydrogens (tertiary/aromatic N) is 1. The number of carbonyl (C=O) groups excluding carboxylic acids is 1. The van der Waals surface area contributed by atoms with Gasteiger partial charge in [-0.2, -0.15) is 11.8 Å². The number of hydrogen-bond donors (Lipinski definition) is 1. The quantitative estimate of drug-likeness (QED) is 0.794. The van der Waals surface area contributed by atoms with Gasteiger partial charge in [0.15, 0.2) is 0 Å². The topological polar surface area (TPSA) is 55.6 Å². The Morgan fingerprint density at radius 3 is 2.94 bits per heavy atom. The van der Waals surface area contributed by atoms with E-state index in [1.54, 1.807) is 0 Å². The molecule has 0 radical (unpaired) electrons. The number of rotatable bonds is 5. The van der Waals surface area contributed by atoms with E-state index < -0.39 is 0 Å². The van der Waals surface area contributed by atoms with Gasteiger partial charge < -0.3 is 15.4 Å². The van der Waals surface area contributed by atoms with Crippen LogP contribution in [-0.2, 0) is 9.53 Å². The number of nitrogens with two attached hydrogens (primary N) is 1. The summed E-state index contributed by atoms with van der Waals surface area (Å²) in [4.78, 5) is 14.1. The molecule has 0 saturated carbocycles. The molecule has 2 unspecified atom stereocenters. The molecule has 0 bridgehead atoms. The highest BCUT2D eigenvalue weighted by molar-refractivity contribution is 7.99. The monoisotopic (exact) mass is 258 g/mol. The first-order chi connectivity index (χ1) is 8.31. The molecule has 5 heteroatoms. The minimum atomic E-state index is 0.204. The maximum absolute atomic E-state index is 12.1.